The highest BCUT2D eigenvalue weighted by Crippen LogP contribution is 2.29. The summed E-state index contributed by atoms with van der Waals surface area (Å²) in [4.78, 5) is 16.6. The van der Waals surface area contributed by atoms with E-state index in [1.165, 1.54) is 11.8 Å². The molecule has 0 bridgehead atoms. The summed E-state index contributed by atoms with van der Waals surface area (Å²) >= 11 is 2.99. The Morgan fingerprint density at radius 3 is 2.67 bits per heavy atom. The van der Waals surface area contributed by atoms with E-state index in [0.717, 1.165) is 25.7 Å². The first-order valence-electron chi connectivity index (χ1n) is 9.34. The van der Waals surface area contributed by atoms with E-state index < -0.39 is 0 Å². The average Bonchev–Trinajstić information content (AvgIpc) is 3.21. The molecule has 4 rings (SSSR count). The van der Waals surface area contributed by atoms with Gasteiger partial charge in [-0.2, -0.15) is 5.10 Å². The Labute approximate surface area is 182 Å². The number of hydrogen-bond acceptors (Lipinski definition) is 6. The summed E-state index contributed by atoms with van der Waals surface area (Å²) in [5.74, 6) is 0.782. The molecular weight excluding hydrogens is 414 g/mol. The maximum atomic E-state index is 12.1. The normalized spacial score (nSPS) is 11.1. The van der Waals surface area contributed by atoms with Crippen molar-refractivity contribution in [3.8, 4) is 5.75 Å². The lowest BCUT2D eigenvalue weighted by Gasteiger charge is -2.08. The summed E-state index contributed by atoms with van der Waals surface area (Å²) in [7, 11) is 0. The number of rotatable bonds is 8. The molecule has 1 amide bonds. The molecule has 0 spiro atoms. The summed E-state index contributed by atoms with van der Waals surface area (Å²) in [5.41, 5.74) is 5.41. The molecule has 0 fully saturated rings. The smallest absolute Gasteiger partial charge is 0.250 e. The third kappa shape index (κ3) is 5.46. The number of aromatic nitrogens is 1. The Morgan fingerprint density at radius 1 is 1.03 bits per heavy atom. The van der Waals surface area contributed by atoms with Crippen molar-refractivity contribution in [1.29, 1.82) is 0 Å². The maximum Gasteiger partial charge on any atom is 0.250 e. The Hall–Kier alpha value is -3.16. The first kappa shape index (κ1) is 20.1. The molecule has 0 aliphatic rings. The van der Waals surface area contributed by atoms with Gasteiger partial charge in [0.1, 0.15) is 12.4 Å². The molecule has 150 valence electrons. The molecule has 0 saturated carbocycles. The molecule has 4 aromatic rings. The number of nitrogens with zero attached hydrogens (tertiary/aromatic N) is 2. The second-order valence-electron chi connectivity index (χ2n) is 6.34. The molecule has 7 heteroatoms. The van der Waals surface area contributed by atoms with E-state index in [1.807, 2.05) is 78.9 Å². The van der Waals surface area contributed by atoms with Crippen molar-refractivity contribution in [3.05, 3.63) is 90.0 Å². The van der Waals surface area contributed by atoms with Crippen LogP contribution >= 0.6 is 23.1 Å². The van der Waals surface area contributed by atoms with E-state index in [1.54, 1.807) is 17.6 Å². The van der Waals surface area contributed by atoms with Crippen molar-refractivity contribution in [2.24, 2.45) is 5.10 Å². The molecular formula is C23H19N3O2S2. The third-order valence-electron chi connectivity index (χ3n) is 4.15. The number of amides is 1. The molecule has 0 saturated heterocycles. The van der Waals surface area contributed by atoms with Crippen LogP contribution in [0.3, 0.4) is 0 Å². The number of nitrogens with one attached hydrogen (secondary N) is 1. The highest BCUT2D eigenvalue weighted by Gasteiger charge is 2.07. The fourth-order valence-electron chi connectivity index (χ4n) is 2.70. The van der Waals surface area contributed by atoms with Gasteiger partial charge < -0.3 is 4.74 Å². The van der Waals surface area contributed by atoms with E-state index in [9.17, 15) is 4.79 Å². The summed E-state index contributed by atoms with van der Waals surface area (Å²) in [6, 6.07) is 25.5. The monoisotopic (exact) mass is 433 g/mol. The number of para-hydroxylation sites is 2. The summed E-state index contributed by atoms with van der Waals surface area (Å²) in [5, 5.41) is 4.08. The maximum absolute atomic E-state index is 12.1. The van der Waals surface area contributed by atoms with E-state index in [0.29, 0.717) is 12.4 Å². The lowest BCUT2D eigenvalue weighted by molar-refractivity contribution is -0.118. The lowest BCUT2D eigenvalue weighted by Crippen LogP contribution is -2.19. The van der Waals surface area contributed by atoms with Crippen LogP contribution in [-0.4, -0.2) is 22.9 Å². The second-order valence-corrected chi connectivity index (χ2v) is 8.59. The zero-order valence-corrected chi connectivity index (χ0v) is 17.7. The van der Waals surface area contributed by atoms with Gasteiger partial charge in [-0.05, 0) is 29.8 Å². The molecule has 0 unspecified atom stereocenters. The van der Waals surface area contributed by atoms with Crippen LogP contribution in [0.4, 0.5) is 0 Å². The van der Waals surface area contributed by atoms with Crippen LogP contribution in [0.5, 0.6) is 5.75 Å². The molecule has 1 aromatic heterocycles. The van der Waals surface area contributed by atoms with Gasteiger partial charge in [0.15, 0.2) is 4.34 Å². The minimum Gasteiger partial charge on any atom is -0.488 e. The van der Waals surface area contributed by atoms with Crippen LogP contribution in [0.1, 0.15) is 11.1 Å². The number of fused-ring (bicyclic) bond motifs is 1. The quantitative estimate of drug-likeness (QED) is 0.238. The van der Waals surface area contributed by atoms with Crippen LogP contribution in [0, 0.1) is 0 Å². The summed E-state index contributed by atoms with van der Waals surface area (Å²) in [6.07, 6.45) is 1.60. The van der Waals surface area contributed by atoms with Gasteiger partial charge in [-0.15, -0.1) is 11.3 Å². The van der Waals surface area contributed by atoms with E-state index in [2.05, 4.69) is 15.5 Å². The van der Waals surface area contributed by atoms with Gasteiger partial charge in [0, 0.05) is 5.56 Å². The van der Waals surface area contributed by atoms with Crippen molar-refractivity contribution in [2.75, 3.05) is 5.75 Å². The summed E-state index contributed by atoms with van der Waals surface area (Å²) in [6.45, 7) is 0.469. The van der Waals surface area contributed by atoms with Gasteiger partial charge in [0.25, 0.3) is 5.91 Å². The first-order chi connectivity index (χ1) is 14.8. The molecule has 1 heterocycles. The Kier molecular flexibility index (Phi) is 6.74. The standard InChI is InChI=1S/C23H19N3O2S2/c27-22(16-29-23-25-19-11-5-7-13-21(19)30-23)26-24-14-18-10-4-6-12-20(18)28-15-17-8-2-1-3-9-17/h1-14H,15-16H2,(H,26,27)/b24-14+. The number of carbonyl (C=O) groups is 1. The molecule has 0 atom stereocenters. The summed E-state index contributed by atoms with van der Waals surface area (Å²) < 4.78 is 7.89. The minimum absolute atomic E-state index is 0.182. The molecule has 30 heavy (non-hydrogen) atoms. The Bertz CT molecular complexity index is 1130. The zero-order valence-electron chi connectivity index (χ0n) is 16.0. The number of hydrogen-bond donors (Lipinski definition) is 1. The van der Waals surface area contributed by atoms with Gasteiger partial charge >= 0.3 is 0 Å². The zero-order chi connectivity index (χ0) is 20.6. The highest BCUT2D eigenvalue weighted by molar-refractivity contribution is 8.01. The average molecular weight is 434 g/mol. The highest BCUT2D eigenvalue weighted by atomic mass is 32.2. The van der Waals surface area contributed by atoms with Crippen LogP contribution < -0.4 is 10.2 Å². The van der Waals surface area contributed by atoms with E-state index in [4.69, 9.17) is 4.74 Å². The van der Waals surface area contributed by atoms with E-state index >= 15 is 0 Å². The molecule has 5 nitrogen and oxygen atoms in total. The van der Waals surface area contributed by atoms with Gasteiger partial charge in [-0.3, -0.25) is 4.79 Å². The molecule has 0 radical (unpaired) electrons. The van der Waals surface area contributed by atoms with Gasteiger partial charge in [0.05, 0.1) is 22.2 Å². The van der Waals surface area contributed by atoms with Gasteiger partial charge in [-0.25, -0.2) is 10.4 Å². The largest absolute Gasteiger partial charge is 0.488 e. The number of ether oxygens (including phenoxy) is 1. The van der Waals surface area contributed by atoms with Crippen molar-refractivity contribution in [3.63, 3.8) is 0 Å². The number of hydrazone groups is 1. The molecule has 0 aliphatic carbocycles. The predicted molar refractivity (Wildman–Crippen MR) is 123 cm³/mol. The number of thioether (sulfide) groups is 1. The molecule has 0 aliphatic heterocycles. The number of carbonyl (C=O) groups excluding carboxylic acids is 1. The van der Waals surface area contributed by atoms with Crippen molar-refractivity contribution in [1.82, 2.24) is 10.4 Å². The fraction of sp³-hybridized carbons (Fsp3) is 0.0870. The predicted octanol–water partition coefficient (Wildman–Crippen LogP) is 5.12. The van der Waals surface area contributed by atoms with Crippen LogP contribution in [0.25, 0.3) is 10.2 Å². The lowest BCUT2D eigenvalue weighted by atomic mass is 10.2. The van der Waals surface area contributed by atoms with Gasteiger partial charge in [0.2, 0.25) is 0 Å². The minimum atomic E-state index is -0.182. The Morgan fingerprint density at radius 2 is 1.80 bits per heavy atom. The Balaban J connectivity index is 1.30. The topological polar surface area (TPSA) is 63.6 Å². The van der Waals surface area contributed by atoms with Crippen LogP contribution in [0.15, 0.2) is 88.3 Å². The van der Waals surface area contributed by atoms with Crippen molar-refractivity contribution < 1.29 is 9.53 Å². The molecule has 1 N–H and O–H groups in total. The number of benzene rings is 3. The second kappa shape index (κ2) is 10.0. The molecule has 3 aromatic carbocycles. The van der Waals surface area contributed by atoms with Crippen LogP contribution in [-0.2, 0) is 11.4 Å². The van der Waals surface area contributed by atoms with Gasteiger partial charge in [-0.1, -0.05) is 66.4 Å². The number of thiazole rings is 1. The van der Waals surface area contributed by atoms with Crippen LogP contribution in [0.2, 0.25) is 0 Å². The van der Waals surface area contributed by atoms with Crippen molar-refractivity contribution >= 4 is 45.4 Å². The third-order valence-corrected chi connectivity index (χ3v) is 6.33. The first-order valence-corrected chi connectivity index (χ1v) is 11.1. The van der Waals surface area contributed by atoms with Crippen molar-refractivity contribution in [2.45, 2.75) is 10.9 Å². The SMILES string of the molecule is O=C(CSc1nc2ccccc2s1)N/N=C/c1ccccc1OCc1ccccc1. The fourth-order valence-corrected chi connectivity index (χ4v) is 4.56. The van der Waals surface area contributed by atoms with E-state index in [-0.39, 0.29) is 11.7 Å².